The van der Waals surface area contributed by atoms with Gasteiger partial charge in [0.15, 0.2) is 0 Å². The fourth-order valence-corrected chi connectivity index (χ4v) is 3.63. The van der Waals surface area contributed by atoms with Crippen LogP contribution in [0.4, 0.5) is 11.4 Å². The van der Waals surface area contributed by atoms with Crippen LogP contribution in [-0.4, -0.2) is 11.8 Å². The minimum atomic E-state index is 0.156. The molecule has 2 aromatic rings. The van der Waals surface area contributed by atoms with E-state index < -0.39 is 0 Å². The first-order chi connectivity index (χ1) is 13.7. The highest BCUT2D eigenvalue weighted by atomic mass is 16.2. The van der Waals surface area contributed by atoms with Gasteiger partial charge in [-0.05, 0) is 73.9 Å². The molecule has 0 spiro atoms. The molecule has 0 atom stereocenters. The zero-order chi connectivity index (χ0) is 19.3. The van der Waals surface area contributed by atoms with Crippen LogP contribution >= 0.6 is 0 Å². The SMILES string of the molecule is O=C(Nc1ccc(CCc2ccc(NC(=O)C3CCC3)cc2)cc1)C1CCC1. The first kappa shape index (κ1) is 18.7. The van der Waals surface area contributed by atoms with Crippen LogP contribution in [0.5, 0.6) is 0 Å². The molecule has 146 valence electrons. The van der Waals surface area contributed by atoms with Gasteiger partial charge in [-0.3, -0.25) is 9.59 Å². The molecule has 2 aliphatic rings. The van der Waals surface area contributed by atoms with Crippen molar-refractivity contribution in [3.63, 3.8) is 0 Å². The number of hydrogen-bond acceptors (Lipinski definition) is 2. The van der Waals surface area contributed by atoms with Crippen molar-refractivity contribution >= 4 is 23.2 Å². The van der Waals surface area contributed by atoms with Crippen molar-refractivity contribution in [1.82, 2.24) is 0 Å². The molecule has 0 unspecified atom stereocenters. The number of rotatable bonds is 7. The van der Waals surface area contributed by atoms with E-state index in [0.717, 1.165) is 49.9 Å². The molecule has 0 saturated heterocycles. The predicted octanol–water partition coefficient (Wildman–Crippen LogP) is 4.95. The van der Waals surface area contributed by atoms with Gasteiger partial charge in [-0.15, -0.1) is 0 Å². The quantitative estimate of drug-likeness (QED) is 0.718. The summed E-state index contributed by atoms with van der Waals surface area (Å²) in [7, 11) is 0. The summed E-state index contributed by atoms with van der Waals surface area (Å²) in [4.78, 5) is 24.0. The highest BCUT2D eigenvalue weighted by Gasteiger charge is 2.25. The summed E-state index contributed by atoms with van der Waals surface area (Å²) in [5, 5.41) is 6.02. The highest BCUT2D eigenvalue weighted by Crippen LogP contribution is 2.28. The second-order valence-electron chi connectivity index (χ2n) is 8.13. The molecule has 2 aromatic carbocycles. The van der Waals surface area contributed by atoms with Crippen LogP contribution < -0.4 is 10.6 Å². The van der Waals surface area contributed by atoms with Crippen molar-refractivity contribution in [2.45, 2.75) is 51.4 Å². The summed E-state index contributed by atoms with van der Waals surface area (Å²) in [6.07, 6.45) is 8.32. The van der Waals surface area contributed by atoms with E-state index in [1.165, 1.54) is 24.0 Å². The zero-order valence-corrected chi connectivity index (χ0v) is 16.2. The fraction of sp³-hybridized carbons (Fsp3) is 0.417. The smallest absolute Gasteiger partial charge is 0.227 e. The third-order valence-electron chi connectivity index (χ3n) is 6.10. The highest BCUT2D eigenvalue weighted by molar-refractivity contribution is 5.93. The average molecular weight is 377 g/mol. The standard InChI is InChI=1S/C24H28N2O2/c27-23(19-3-1-4-19)25-21-13-9-17(10-14-21)7-8-18-11-15-22(16-12-18)26-24(28)20-5-2-6-20/h9-16,19-20H,1-8H2,(H,25,27)(H,26,28). The first-order valence-corrected chi connectivity index (χ1v) is 10.5. The van der Waals surface area contributed by atoms with Gasteiger partial charge in [-0.2, -0.15) is 0 Å². The Balaban J connectivity index is 1.24. The Morgan fingerprint density at radius 1 is 0.643 bits per heavy atom. The Bertz CT molecular complexity index is 747. The van der Waals surface area contributed by atoms with Gasteiger partial charge >= 0.3 is 0 Å². The Hall–Kier alpha value is -2.62. The summed E-state index contributed by atoms with van der Waals surface area (Å²) in [5.41, 5.74) is 4.27. The average Bonchev–Trinajstić information content (AvgIpc) is 2.59. The maximum absolute atomic E-state index is 12.0. The summed E-state index contributed by atoms with van der Waals surface area (Å²) >= 11 is 0. The minimum absolute atomic E-state index is 0.156. The Morgan fingerprint density at radius 2 is 1.00 bits per heavy atom. The van der Waals surface area contributed by atoms with E-state index in [4.69, 9.17) is 0 Å². The van der Waals surface area contributed by atoms with Gasteiger partial charge in [-0.1, -0.05) is 37.1 Å². The van der Waals surface area contributed by atoms with Gasteiger partial charge in [0.1, 0.15) is 0 Å². The van der Waals surface area contributed by atoms with Crippen LogP contribution in [0, 0.1) is 11.8 Å². The van der Waals surface area contributed by atoms with E-state index in [0.29, 0.717) is 0 Å². The minimum Gasteiger partial charge on any atom is -0.326 e. The van der Waals surface area contributed by atoms with Crippen LogP contribution in [0.25, 0.3) is 0 Å². The molecule has 0 bridgehead atoms. The molecular formula is C24H28N2O2. The molecule has 4 rings (SSSR count). The molecule has 0 heterocycles. The van der Waals surface area contributed by atoms with Gasteiger partial charge in [0.2, 0.25) is 11.8 Å². The number of carbonyl (C=O) groups excluding carboxylic acids is 2. The van der Waals surface area contributed by atoms with Crippen LogP contribution in [0.3, 0.4) is 0 Å². The van der Waals surface area contributed by atoms with E-state index >= 15 is 0 Å². The third kappa shape index (κ3) is 4.61. The van der Waals surface area contributed by atoms with Gasteiger partial charge in [0, 0.05) is 23.2 Å². The fourth-order valence-electron chi connectivity index (χ4n) is 3.63. The molecule has 2 aliphatic carbocycles. The number of carbonyl (C=O) groups is 2. The van der Waals surface area contributed by atoms with Crippen LogP contribution in [0.15, 0.2) is 48.5 Å². The third-order valence-corrected chi connectivity index (χ3v) is 6.10. The molecule has 2 N–H and O–H groups in total. The second kappa shape index (κ2) is 8.59. The lowest BCUT2D eigenvalue weighted by Crippen LogP contribution is -2.28. The van der Waals surface area contributed by atoms with Crippen molar-refractivity contribution < 1.29 is 9.59 Å². The lowest BCUT2D eigenvalue weighted by atomic mass is 9.85. The van der Waals surface area contributed by atoms with E-state index in [1.807, 2.05) is 24.3 Å². The monoisotopic (exact) mass is 376 g/mol. The Labute approximate surface area is 166 Å². The van der Waals surface area contributed by atoms with Crippen molar-refractivity contribution in [2.75, 3.05) is 10.6 Å². The van der Waals surface area contributed by atoms with Crippen molar-refractivity contribution in [3.05, 3.63) is 59.7 Å². The van der Waals surface area contributed by atoms with Gasteiger partial charge in [-0.25, -0.2) is 0 Å². The van der Waals surface area contributed by atoms with Crippen molar-refractivity contribution in [3.8, 4) is 0 Å². The van der Waals surface area contributed by atoms with Crippen molar-refractivity contribution in [1.29, 1.82) is 0 Å². The predicted molar refractivity (Wildman–Crippen MR) is 112 cm³/mol. The molecule has 2 fully saturated rings. The van der Waals surface area contributed by atoms with E-state index in [9.17, 15) is 9.59 Å². The first-order valence-electron chi connectivity index (χ1n) is 10.5. The lowest BCUT2D eigenvalue weighted by molar-refractivity contribution is -0.122. The maximum Gasteiger partial charge on any atom is 0.227 e. The Morgan fingerprint density at radius 3 is 1.29 bits per heavy atom. The lowest BCUT2D eigenvalue weighted by Gasteiger charge is -2.24. The summed E-state index contributed by atoms with van der Waals surface area (Å²) in [5.74, 6) is 0.731. The number of nitrogens with one attached hydrogen (secondary N) is 2. The largest absolute Gasteiger partial charge is 0.326 e. The van der Waals surface area contributed by atoms with Crippen LogP contribution in [0.1, 0.15) is 49.7 Å². The summed E-state index contributed by atoms with van der Waals surface area (Å²) in [6.45, 7) is 0. The number of benzene rings is 2. The summed E-state index contributed by atoms with van der Waals surface area (Å²) in [6, 6.07) is 16.3. The van der Waals surface area contributed by atoms with E-state index in [-0.39, 0.29) is 23.7 Å². The van der Waals surface area contributed by atoms with Gasteiger partial charge in [0.05, 0.1) is 0 Å². The second-order valence-corrected chi connectivity index (χ2v) is 8.13. The van der Waals surface area contributed by atoms with E-state index in [1.54, 1.807) is 0 Å². The molecule has 2 amide bonds. The van der Waals surface area contributed by atoms with E-state index in [2.05, 4.69) is 34.9 Å². The topological polar surface area (TPSA) is 58.2 Å². The van der Waals surface area contributed by atoms with Crippen molar-refractivity contribution in [2.24, 2.45) is 11.8 Å². The number of aryl methyl sites for hydroxylation is 2. The number of amides is 2. The molecule has 2 saturated carbocycles. The Kier molecular flexibility index (Phi) is 5.75. The number of anilines is 2. The number of hydrogen-bond donors (Lipinski definition) is 2. The molecule has 4 heteroatoms. The molecule has 0 aromatic heterocycles. The van der Waals surface area contributed by atoms with Gasteiger partial charge < -0.3 is 10.6 Å². The maximum atomic E-state index is 12.0. The molecule has 28 heavy (non-hydrogen) atoms. The summed E-state index contributed by atoms with van der Waals surface area (Å²) < 4.78 is 0. The zero-order valence-electron chi connectivity index (χ0n) is 16.2. The van der Waals surface area contributed by atoms with Crippen LogP contribution in [-0.2, 0) is 22.4 Å². The molecule has 0 radical (unpaired) electrons. The normalized spacial score (nSPS) is 16.7. The van der Waals surface area contributed by atoms with Gasteiger partial charge in [0.25, 0.3) is 0 Å². The molecule has 0 aliphatic heterocycles. The molecule has 4 nitrogen and oxygen atoms in total. The van der Waals surface area contributed by atoms with Crippen LogP contribution in [0.2, 0.25) is 0 Å². The molecular weight excluding hydrogens is 348 g/mol.